The van der Waals surface area contributed by atoms with Crippen LogP contribution in [0, 0.1) is 0 Å². The van der Waals surface area contributed by atoms with Gasteiger partial charge in [0.25, 0.3) is 0 Å². The van der Waals surface area contributed by atoms with Crippen molar-refractivity contribution in [2.24, 2.45) is 0 Å². The maximum atomic E-state index is 13.2. The van der Waals surface area contributed by atoms with E-state index in [4.69, 9.17) is 4.74 Å². The third-order valence-electron chi connectivity index (χ3n) is 5.04. The molecule has 3 N–H and O–H groups in total. The number of sulfonamides is 1. The van der Waals surface area contributed by atoms with Crippen LogP contribution in [-0.2, 0) is 16.4 Å². The van der Waals surface area contributed by atoms with Crippen molar-refractivity contribution in [2.45, 2.75) is 24.3 Å². The van der Waals surface area contributed by atoms with E-state index in [0.29, 0.717) is 18.7 Å². The lowest BCUT2D eigenvalue weighted by atomic mass is 10.1. The fraction of sp³-hybridized carbons (Fsp3) is 0.208. The van der Waals surface area contributed by atoms with Gasteiger partial charge in [0.1, 0.15) is 10.6 Å². The molecule has 3 aromatic carbocycles. The van der Waals surface area contributed by atoms with Crippen molar-refractivity contribution in [3.8, 4) is 5.75 Å². The molecular formula is C24H26N2O5S. The zero-order valence-electron chi connectivity index (χ0n) is 17.9. The molecule has 1 unspecified atom stereocenters. The molecule has 3 aromatic rings. The monoisotopic (exact) mass is 454 g/mol. The number of ether oxygens (including phenoxy) is 1. The standard InChI is InChI=1S/C24H26N2O5S/c1-17(19-6-4-3-5-7-19)26-32(29,30)23-16-20(24(27)28)10-13-22(23)25-15-14-18-8-11-21(31-2)12-9-18/h3-13,16-17,25-26H,14-15H2,1-2H3,(H,27,28). The molecule has 0 aliphatic carbocycles. The summed E-state index contributed by atoms with van der Waals surface area (Å²) in [4.78, 5) is 11.3. The van der Waals surface area contributed by atoms with Crippen molar-refractivity contribution in [2.75, 3.05) is 19.0 Å². The van der Waals surface area contributed by atoms with E-state index in [0.717, 1.165) is 16.9 Å². The molecule has 7 nitrogen and oxygen atoms in total. The average molecular weight is 455 g/mol. The first-order chi connectivity index (χ1) is 15.3. The fourth-order valence-electron chi connectivity index (χ4n) is 3.26. The molecule has 0 aliphatic rings. The largest absolute Gasteiger partial charge is 0.497 e. The van der Waals surface area contributed by atoms with Crippen molar-refractivity contribution in [1.82, 2.24) is 4.72 Å². The second-order valence-electron chi connectivity index (χ2n) is 7.29. The smallest absolute Gasteiger partial charge is 0.335 e. The first kappa shape index (κ1) is 23.3. The van der Waals surface area contributed by atoms with Crippen LogP contribution in [0.5, 0.6) is 5.75 Å². The summed E-state index contributed by atoms with van der Waals surface area (Å²) in [5.41, 5.74) is 2.11. The van der Waals surface area contributed by atoms with E-state index < -0.39 is 22.0 Å². The second kappa shape index (κ2) is 10.3. The van der Waals surface area contributed by atoms with Gasteiger partial charge in [0.15, 0.2) is 0 Å². The van der Waals surface area contributed by atoms with E-state index in [1.165, 1.54) is 18.2 Å². The van der Waals surface area contributed by atoms with Crippen molar-refractivity contribution in [3.05, 3.63) is 89.5 Å². The van der Waals surface area contributed by atoms with Crippen LogP contribution in [0.25, 0.3) is 0 Å². The Morgan fingerprint density at radius 1 is 1.03 bits per heavy atom. The number of benzene rings is 3. The minimum absolute atomic E-state index is 0.0987. The molecule has 0 spiro atoms. The third kappa shape index (κ3) is 5.87. The highest BCUT2D eigenvalue weighted by molar-refractivity contribution is 7.89. The number of carboxylic acids is 1. The van der Waals surface area contributed by atoms with E-state index in [1.807, 2.05) is 54.6 Å². The van der Waals surface area contributed by atoms with Crippen LogP contribution in [0.15, 0.2) is 77.7 Å². The average Bonchev–Trinajstić information content (AvgIpc) is 2.79. The predicted octanol–water partition coefficient (Wildman–Crippen LogP) is 4.09. The number of carboxylic acid groups (broad SMARTS) is 1. The summed E-state index contributed by atoms with van der Waals surface area (Å²) in [7, 11) is -2.39. The number of aromatic carboxylic acids is 1. The van der Waals surface area contributed by atoms with E-state index >= 15 is 0 Å². The molecule has 0 aromatic heterocycles. The SMILES string of the molecule is COc1ccc(CCNc2ccc(C(=O)O)cc2S(=O)(=O)NC(C)c2ccccc2)cc1. The fourth-order valence-corrected chi connectivity index (χ4v) is 4.70. The number of hydrogen-bond acceptors (Lipinski definition) is 5. The molecule has 8 heteroatoms. The van der Waals surface area contributed by atoms with Gasteiger partial charge in [-0.2, -0.15) is 0 Å². The number of anilines is 1. The highest BCUT2D eigenvalue weighted by Crippen LogP contribution is 2.25. The van der Waals surface area contributed by atoms with Gasteiger partial charge >= 0.3 is 5.97 Å². The molecule has 168 valence electrons. The van der Waals surface area contributed by atoms with Crippen LogP contribution < -0.4 is 14.8 Å². The zero-order chi connectivity index (χ0) is 23.1. The van der Waals surface area contributed by atoms with E-state index in [-0.39, 0.29) is 10.5 Å². The molecule has 0 saturated heterocycles. The number of hydrogen-bond donors (Lipinski definition) is 3. The maximum Gasteiger partial charge on any atom is 0.335 e. The van der Waals surface area contributed by atoms with E-state index in [1.54, 1.807) is 14.0 Å². The van der Waals surface area contributed by atoms with Crippen molar-refractivity contribution in [3.63, 3.8) is 0 Å². The summed E-state index contributed by atoms with van der Waals surface area (Å²) >= 11 is 0. The van der Waals surface area contributed by atoms with Gasteiger partial charge < -0.3 is 15.2 Å². The Labute approximate surface area is 188 Å². The molecule has 0 bridgehead atoms. The number of carbonyl (C=O) groups is 1. The summed E-state index contributed by atoms with van der Waals surface area (Å²) in [5.74, 6) is -0.430. The predicted molar refractivity (Wildman–Crippen MR) is 124 cm³/mol. The van der Waals surface area contributed by atoms with Crippen LogP contribution in [0.1, 0.15) is 34.5 Å². The molecule has 0 aliphatic heterocycles. The molecule has 3 rings (SSSR count). The van der Waals surface area contributed by atoms with Crippen molar-refractivity contribution >= 4 is 21.7 Å². The van der Waals surface area contributed by atoms with Gasteiger partial charge in [0.2, 0.25) is 10.0 Å². The first-order valence-electron chi connectivity index (χ1n) is 10.1. The molecule has 0 fully saturated rings. The summed E-state index contributed by atoms with van der Waals surface area (Å²) in [6, 6.07) is 20.3. The second-order valence-corrected chi connectivity index (χ2v) is 8.98. The van der Waals surface area contributed by atoms with Gasteiger partial charge in [0, 0.05) is 12.6 Å². The molecule has 0 saturated carbocycles. The van der Waals surface area contributed by atoms with Gasteiger partial charge in [-0.3, -0.25) is 0 Å². The quantitative estimate of drug-likeness (QED) is 0.426. The van der Waals surface area contributed by atoms with Crippen LogP contribution in [0.3, 0.4) is 0 Å². The van der Waals surface area contributed by atoms with E-state index in [2.05, 4.69) is 10.0 Å². The zero-order valence-corrected chi connectivity index (χ0v) is 18.7. The van der Waals surface area contributed by atoms with Crippen LogP contribution in [-0.4, -0.2) is 33.1 Å². The Morgan fingerprint density at radius 2 is 1.72 bits per heavy atom. The molecule has 32 heavy (non-hydrogen) atoms. The number of methoxy groups -OCH3 is 1. The topological polar surface area (TPSA) is 105 Å². The lowest BCUT2D eigenvalue weighted by molar-refractivity contribution is 0.0696. The lowest BCUT2D eigenvalue weighted by Gasteiger charge is -2.18. The van der Waals surface area contributed by atoms with Gasteiger partial charge in [-0.05, 0) is 54.8 Å². The minimum atomic E-state index is -3.99. The minimum Gasteiger partial charge on any atom is -0.497 e. The molecule has 0 heterocycles. The van der Waals surface area contributed by atoms with Gasteiger partial charge in [-0.25, -0.2) is 17.9 Å². The number of nitrogens with one attached hydrogen (secondary N) is 2. The van der Waals surface area contributed by atoms with Crippen LogP contribution in [0.2, 0.25) is 0 Å². The summed E-state index contributed by atoms with van der Waals surface area (Å²) < 4.78 is 34.1. The summed E-state index contributed by atoms with van der Waals surface area (Å²) in [5, 5.41) is 12.5. The maximum absolute atomic E-state index is 13.2. The molecule has 0 radical (unpaired) electrons. The Balaban J connectivity index is 1.80. The lowest BCUT2D eigenvalue weighted by Crippen LogP contribution is -2.28. The van der Waals surface area contributed by atoms with Crippen molar-refractivity contribution < 1.29 is 23.1 Å². The number of rotatable bonds is 10. The Morgan fingerprint density at radius 3 is 2.34 bits per heavy atom. The first-order valence-corrected chi connectivity index (χ1v) is 11.6. The molecular weight excluding hydrogens is 428 g/mol. The van der Waals surface area contributed by atoms with Gasteiger partial charge in [-0.1, -0.05) is 42.5 Å². The molecule has 1 atom stereocenters. The van der Waals surface area contributed by atoms with Gasteiger partial charge in [0.05, 0.1) is 18.4 Å². The highest BCUT2D eigenvalue weighted by Gasteiger charge is 2.23. The van der Waals surface area contributed by atoms with Crippen molar-refractivity contribution in [1.29, 1.82) is 0 Å². The normalized spacial score (nSPS) is 12.2. The van der Waals surface area contributed by atoms with Crippen LogP contribution in [0.4, 0.5) is 5.69 Å². The Bertz CT molecular complexity index is 1160. The van der Waals surface area contributed by atoms with Gasteiger partial charge in [-0.15, -0.1) is 0 Å². The van der Waals surface area contributed by atoms with E-state index in [9.17, 15) is 18.3 Å². The Kier molecular flexibility index (Phi) is 7.50. The summed E-state index contributed by atoms with van der Waals surface area (Å²) in [6.45, 7) is 2.21. The summed E-state index contributed by atoms with van der Waals surface area (Å²) in [6.07, 6.45) is 0.651. The van der Waals surface area contributed by atoms with Crippen LogP contribution >= 0.6 is 0 Å². The molecule has 0 amide bonds. The highest BCUT2D eigenvalue weighted by atomic mass is 32.2. The third-order valence-corrected chi connectivity index (χ3v) is 6.62. The Hall–Kier alpha value is -3.36.